The molecule has 1 rings (SSSR count). The summed E-state index contributed by atoms with van der Waals surface area (Å²) < 4.78 is 0. The molecule has 0 saturated heterocycles. The van der Waals surface area contributed by atoms with Crippen LogP contribution in [0.15, 0.2) is 24.5 Å². The molecule has 0 atom stereocenters. The van der Waals surface area contributed by atoms with Crippen LogP contribution in [-0.2, 0) is 6.54 Å². The van der Waals surface area contributed by atoms with Crippen LogP contribution in [0.2, 0.25) is 0 Å². The van der Waals surface area contributed by atoms with E-state index in [1.54, 1.807) is 0 Å². The Balaban J connectivity index is 2.48. The standard InChI is InChI=1S/C14H24N2/c1-13(2,3)11-14(4,5)16-10-12-6-8-15-9-7-12/h6-9,16H,10-11H2,1-5H3. The van der Waals surface area contributed by atoms with Crippen LogP contribution in [0, 0.1) is 5.41 Å². The molecular formula is C14H24N2. The van der Waals surface area contributed by atoms with Crippen molar-refractivity contribution in [2.45, 2.75) is 53.1 Å². The van der Waals surface area contributed by atoms with Gasteiger partial charge in [-0.1, -0.05) is 20.8 Å². The fraction of sp³-hybridized carbons (Fsp3) is 0.643. The fourth-order valence-corrected chi connectivity index (χ4v) is 2.23. The lowest BCUT2D eigenvalue weighted by molar-refractivity contribution is 0.240. The highest BCUT2D eigenvalue weighted by molar-refractivity contribution is 5.09. The molecule has 0 aliphatic carbocycles. The number of nitrogens with zero attached hydrogens (tertiary/aromatic N) is 1. The molecule has 2 nitrogen and oxygen atoms in total. The van der Waals surface area contributed by atoms with E-state index in [9.17, 15) is 0 Å². The van der Waals surface area contributed by atoms with Crippen LogP contribution in [0.1, 0.15) is 46.6 Å². The molecule has 1 aromatic rings. The first kappa shape index (κ1) is 13.2. The molecule has 1 heterocycles. The van der Waals surface area contributed by atoms with E-state index in [-0.39, 0.29) is 5.54 Å². The Kier molecular flexibility index (Phi) is 4.09. The zero-order chi connectivity index (χ0) is 12.2. The molecule has 0 bridgehead atoms. The van der Waals surface area contributed by atoms with Crippen molar-refractivity contribution in [2.24, 2.45) is 5.41 Å². The summed E-state index contributed by atoms with van der Waals surface area (Å²) in [4.78, 5) is 4.02. The summed E-state index contributed by atoms with van der Waals surface area (Å²) in [5, 5.41) is 3.60. The second-order valence-electron chi connectivity index (χ2n) is 6.33. The smallest absolute Gasteiger partial charge is 0.0271 e. The highest BCUT2D eigenvalue weighted by atomic mass is 15.0. The average Bonchev–Trinajstić information content (AvgIpc) is 2.13. The highest BCUT2D eigenvalue weighted by Gasteiger charge is 2.24. The molecule has 0 saturated carbocycles. The second-order valence-corrected chi connectivity index (χ2v) is 6.33. The number of aromatic nitrogens is 1. The van der Waals surface area contributed by atoms with Gasteiger partial charge in [0.1, 0.15) is 0 Å². The lowest BCUT2D eigenvalue weighted by Crippen LogP contribution is -2.41. The van der Waals surface area contributed by atoms with Gasteiger partial charge in [-0.15, -0.1) is 0 Å². The van der Waals surface area contributed by atoms with Crippen LogP contribution >= 0.6 is 0 Å². The van der Waals surface area contributed by atoms with E-state index in [0.717, 1.165) is 13.0 Å². The summed E-state index contributed by atoms with van der Waals surface area (Å²) in [6.45, 7) is 12.3. The maximum atomic E-state index is 4.02. The Hall–Kier alpha value is -0.890. The molecule has 90 valence electrons. The Bertz CT molecular complexity index is 309. The third-order valence-corrected chi connectivity index (χ3v) is 2.49. The summed E-state index contributed by atoms with van der Waals surface area (Å²) in [5.41, 5.74) is 1.81. The summed E-state index contributed by atoms with van der Waals surface area (Å²) in [6, 6.07) is 4.11. The molecule has 0 radical (unpaired) electrons. The molecule has 1 aromatic heterocycles. The minimum absolute atomic E-state index is 0.168. The van der Waals surface area contributed by atoms with Crippen LogP contribution in [0.5, 0.6) is 0 Å². The van der Waals surface area contributed by atoms with Crippen molar-refractivity contribution in [3.8, 4) is 0 Å². The van der Waals surface area contributed by atoms with Crippen LogP contribution in [0.3, 0.4) is 0 Å². The first-order valence-electron chi connectivity index (χ1n) is 5.92. The molecule has 0 spiro atoms. The van der Waals surface area contributed by atoms with Crippen molar-refractivity contribution in [3.63, 3.8) is 0 Å². The summed E-state index contributed by atoms with van der Waals surface area (Å²) in [6.07, 6.45) is 4.84. The van der Waals surface area contributed by atoms with Crippen LogP contribution in [0.25, 0.3) is 0 Å². The van der Waals surface area contributed by atoms with E-state index in [4.69, 9.17) is 0 Å². The number of rotatable bonds is 4. The van der Waals surface area contributed by atoms with E-state index in [1.807, 2.05) is 12.4 Å². The highest BCUT2D eigenvalue weighted by Crippen LogP contribution is 2.26. The third-order valence-electron chi connectivity index (χ3n) is 2.49. The van der Waals surface area contributed by atoms with Crippen LogP contribution in [0.4, 0.5) is 0 Å². The van der Waals surface area contributed by atoms with Crippen molar-refractivity contribution in [1.29, 1.82) is 0 Å². The predicted molar refractivity (Wildman–Crippen MR) is 69.2 cm³/mol. The lowest BCUT2D eigenvalue weighted by Gasteiger charge is -2.33. The largest absolute Gasteiger partial charge is 0.308 e. The van der Waals surface area contributed by atoms with Gasteiger partial charge < -0.3 is 5.32 Å². The summed E-state index contributed by atoms with van der Waals surface area (Å²) >= 11 is 0. The van der Waals surface area contributed by atoms with Crippen LogP contribution in [-0.4, -0.2) is 10.5 Å². The summed E-state index contributed by atoms with van der Waals surface area (Å²) in [7, 11) is 0. The minimum atomic E-state index is 0.168. The molecule has 0 aliphatic rings. The maximum Gasteiger partial charge on any atom is 0.0271 e. The molecule has 1 N–H and O–H groups in total. The van der Waals surface area contributed by atoms with Gasteiger partial charge in [-0.2, -0.15) is 0 Å². The quantitative estimate of drug-likeness (QED) is 0.841. The van der Waals surface area contributed by atoms with E-state index in [1.165, 1.54) is 5.56 Å². The van der Waals surface area contributed by atoms with Crippen molar-refractivity contribution in [3.05, 3.63) is 30.1 Å². The van der Waals surface area contributed by atoms with E-state index < -0.39 is 0 Å². The fourth-order valence-electron chi connectivity index (χ4n) is 2.23. The Morgan fingerprint density at radius 3 is 2.12 bits per heavy atom. The van der Waals surface area contributed by atoms with Crippen molar-refractivity contribution in [1.82, 2.24) is 10.3 Å². The van der Waals surface area contributed by atoms with E-state index >= 15 is 0 Å². The zero-order valence-electron chi connectivity index (χ0n) is 11.2. The Morgan fingerprint density at radius 1 is 1.06 bits per heavy atom. The molecule has 0 amide bonds. The van der Waals surface area contributed by atoms with Gasteiger partial charge in [-0.3, -0.25) is 4.98 Å². The number of hydrogen-bond acceptors (Lipinski definition) is 2. The number of nitrogens with one attached hydrogen (secondary N) is 1. The number of hydrogen-bond donors (Lipinski definition) is 1. The SMILES string of the molecule is CC(C)(C)CC(C)(C)NCc1ccncc1. The van der Waals surface area contributed by atoms with Crippen molar-refractivity contribution in [2.75, 3.05) is 0 Å². The van der Waals surface area contributed by atoms with Gasteiger partial charge in [-0.05, 0) is 43.4 Å². The Morgan fingerprint density at radius 2 is 1.62 bits per heavy atom. The molecule has 0 fully saturated rings. The third kappa shape index (κ3) is 5.26. The normalized spacial score (nSPS) is 12.8. The van der Waals surface area contributed by atoms with Gasteiger partial charge in [0, 0.05) is 24.5 Å². The second kappa shape index (κ2) is 4.96. The zero-order valence-corrected chi connectivity index (χ0v) is 11.2. The van der Waals surface area contributed by atoms with E-state index in [2.05, 4.69) is 57.1 Å². The van der Waals surface area contributed by atoms with Crippen LogP contribution < -0.4 is 5.32 Å². The molecule has 16 heavy (non-hydrogen) atoms. The van der Waals surface area contributed by atoms with Gasteiger partial charge in [-0.25, -0.2) is 0 Å². The molecule has 2 heteroatoms. The van der Waals surface area contributed by atoms with Gasteiger partial charge in [0.15, 0.2) is 0 Å². The predicted octanol–water partition coefficient (Wildman–Crippen LogP) is 3.39. The minimum Gasteiger partial charge on any atom is -0.308 e. The van der Waals surface area contributed by atoms with Gasteiger partial charge in [0.25, 0.3) is 0 Å². The van der Waals surface area contributed by atoms with E-state index in [0.29, 0.717) is 5.41 Å². The first-order valence-corrected chi connectivity index (χ1v) is 5.92. The van der Waals surface area contributed by atoms with Gasteiger partial charge in [0.05, 0.1) is 0 Å². The van der Waals surface area contributed by atoms with Gasteiger partial charge in [0.2, 0.25) is 0 Å². The van der Waals surface area contributed by atoms with Crippen molar-refractivity contribution >= 4 is 0 Å². The monoisotopic (exact) mass is 220 g/mol. The number of pyridine rings is 1. The topological polar surface area (TPSA) is 24.9 Å². The Labute approximate surface area is 99.5 Å². The molecular weight excluding hydrogens is 196 g/mol. The lowest BCUT2D eigenvalue weighted by atomic mass is 9.82. The average molecular weight is 220 g/mol. The summed E-state index contributed by atoms with van der Waals surface area (Å²) in [5.74, 6) is 0. The van der Waals surface area contributed by atoms with Crippen molar-refractivity contribution < 1.29 is 0 Å². The molecule has 0 unspecified atom stereocenters. The maximum absolute atomic E-state index is 4.02. The molecule has 0 aliphatic heterocycles. The molecule has 0 aromatic carbocycles. The van der Waals surface area contributed by atoms with Gasteiger partial charge >= 0.3 is 0 Å². The first-order chi connectivity index (χ1) is 7.29.